The van der Waals surface area contributed by atoms with E-state index in [-0.39, 0.29) is 10.6 Å². The minimum atomic E-state index is -0.269. The normalized spacial score (nSPS) is 16.1. The van der Waals surface area contributed by atoms with Crippen LogP contribution in [-0.4, -0.2) is 15.8 Å². The first-order valence-electron chi connectivity index (χ1n) is 5.85. The highest BCUT2D eigenvalue weighted by atomic mass is 35.5. The molecule has 1 N–H and O–H groups in total. The Morgan fingerprint density at radius 3 is 2.94 bits per heavy atom. The smallest absolute Gasteiger partial charge is 0.287 e. The molecule has 1 aromatic rings. The molecule has 0 radical (unpaired) electrons. The molecule has 17 heavy (non-hydrogen) atoms. The fraction of sp³-hybridized carbons (Fsp3) is 0.500. The van der Waals surface area contributed by atoms with Crippen LogP contribution in [0.3, 0.4) is 0 Å². The van der Waals surface area contributed by atoms with Crippen LogP contribution in [0.5, 0.6) is 0 Å². The van der Waals surface area contributed by atoms with Gasteiger partial charge >= 0.3 is 0 Å². The molecule has 1 aliphatic carbocycles. The highest BCUT2D eigenvalue weighted by Crippen LogP contribution is 2.24. The molecule has 0 amide bonds. The van der Waals surface area contributed by atoms with Crippen molar-refractivity contribution in [2.75, 3.05) is 5.32 Å². The van der Waals surface area contributed by atoms with Crippen molar-refractivity contribution in [3.63, 3.8) is 0 Å². The number of allylic oxidation sites excluding steroid dienone is 1. The summed E-state index contributed by atoms with van der Waals surface area (Å²) in [5.74, 6) is 0. The van der Waals surface area contributed by atoms with Crippen LogP contribution in [0.1, 0.15) is 25.7 Å². The summed E-state index contributed by atoms with van der Waals surface area (Å²) in [7, 11) is 0. The third-order valence-corrected chi connectivity index (χ3v) is 3.37. The molecule has 2 rings (SSSR count). The minimum Gasteiger partial charge on any atom is -0.380 e. The number of halogens is 1. The van der Waals surface area contributed by atoms with E-state index in [1.165, 1.54) is 17.5 Å². The molecule has 4 nitrogen and oxygen atoms in total. The Morgan fingerprint density at radius 1 is 1.59 bits per heavy atom. The summed E-state index contributed by atoms with van der Waals surface area (Å²) in [6, 6.07) is 0.420. The second kappa shape index (κ2) is 5.36. The van der Waals surface area contributed by atoms with E-state index in [2.05, 4.69) is 17.0 Å². The molecule has 92 valence electrons. The maximum atomic E-state index is 11.8. The number of nitrogens with zero attached hydrogens (tertiary/aromatic N) is 2. The molecule has 1 heterocycles. The molecular formula is C12H16ClN3O. The van der Waals surface area contributed by atoms with Crippen LogP contribution in [0.4, 0.5) is 5.69 Å². The van der Waals surface area contributed by atoms with Gasteiger partial charge in [-0.25, -0.2) is 4.68 Å². The summed E-state index contributed by atoms with van der Waals surface area (Å²) < 4.78 is 1.30. The van der Waals surface area contributed by atoms with Gasteiger partial charge in [0, 0.05) is 6.04 Å². The fourth-order valence-corrected chi connectivity index (χ4v) is 2.31. The highest BCUT2D eigenvalue weighted by Gasteiger charge is 2.17. The number of nitrogens with one attached hydrogen (secondary N) is 1. The van der Waals surface area contributed by atoms with Crippen molar-refractivity contribution < 1.29 is 0 Å². The van der Waals surface area contributed by atoms with Crippen LogP contribution in [0.15, 0.2) is 23.6 Å². The average molecular weight is 254 g/mol. The third-order valence-electron chi connectivity index (χ3n) is 3.00. The predicted molar refractivity (Wildman–Crippen MR) is 69.6 cm³/mol. The first kappa shape index (κ1) is 12.2. The molecule has 0 atom stereocenters. The standard InChI is InChI=1S/C12H16ClN3O/c1-2-7-16-12(17)11(13)10(8-14-16)15-9-5-3-4-6-9/h2,8-9,15H,1,3-7H2. The van der Waals surface area contributed by atoms with Gasteiger partial charge in [0.25, 0.3) is 5.56 Å². The van der Waals surface area contributed by atoms with Gasteiger partial charge in [0.1, 0.15) is 5.02 Å². The minimum absolute atomic E-state index is 0.216. The van der Waals surface area contributed by atoms with E-state index in [4.69, 9.17) is 11.6 Å². The molecule has 1 fully saturated rings. The summed E-state index contributed by atoms with van der Waals surface area (Å²) in [5, 5.41) is 7.56. The Balaban J connectivity index is 2.20. The maximum absolute atomic E-state index is 11.8. The Morgan fingerprint density at radius 2 is 2.29 bits per heavy atom. The quantitative estimate of drug-likeness (QED) is 0.839. The zero-order valence-corrected chi connectivity index (χ0v) is 10.4. The number of aromatic nitrogens is 2. The maximum Gasteiger partial charge on any atom is 0.287 e. The van der Waals surface area contributed by atoms with E-state index in [1.54, 1.807) is 12.3 Å². The first-order chi connectivity index (χ1) is 8.22. The van der Waals surface area contributed by atoms with E-state index in [0.717, 1.165) is 12.8 Å². The van der Waals surface area contributed by atoms with Gasteiger partial charge in [-0.05, 0) is 12.8 Å². The van der Waals surface area contributed by atoms with Gasteiger partial charge in [-0.3, -0.25) is 4.79 Å². The molecule has 0 aromatic carbocycles. The van der Waals surface area contributed by atoms with Gasteiger partial charge in [0.15, 0.2) is 0 Å². The van der Waals surface area contributed by atoms with Crippen LogP contribution >= 0.6 is 11.6 Å². The number of hydrogen-bond acceptors (Lipinski definition) is 3. The summed E-state index contributed by atoms with van der Waals surface area (Å²) in [4.78, 5) is 11.8. The van der Waals surface area contributed by atoms with Crippen molar-refractivity contribution in [1.82, 2.24) is 9.78 Å². The van der Waals surface area contributed by atoms with Gasteiger partial charge in [-0.15, -0.1) is 6.58 Å². The van der Waals surface area contributed by atoms with Crippen molar-refractivity contribution in [1.29, 1.82) is 0 Å². The first-order valence-corrected chi connectivity index (χ1v) is 6.23. The summed E-state index contributed by atoms with van der Waals surface area (Å²) in [6.45, 7) is 3.95. The molecule has 1 saturated carbocycles. The van der Waals surface area contributed by atoms with Crippen LogP contribution in [0.2, 0.25) is 5.02 Å². The summed E-state index contributed by atoms with van der Waals surface area (Å²) >= 11 is 6.04. The molecule has 0 unspecified atom stereocenters. The number of anilines is 1. The van der Waals surface area contributed by atoms with Crippen molar-refractivity contribution in [2.24, 2.45) is 0 Å². The van der Waals surface area contributed by atoms with Gasteiger partial charge in [0.2, 0.25) is 0 Å². The lowest BCUT2D eigenvalue weighted by Crippen LogP contribution is -2.25. The second-order valence-electron chi connectivity index (χ2n) is 4.27. The Kier molecular flexibility index (Phi) is 3.84. The largest absolute Gasteiger partial charge is 0.380 e. The lowest BCUT2D eigenvalue weighted by atomic mass is 10.2. The van der Waals surface area contributed by atoms with Gasteiger partial charge < -0.3 is 5.32 Å². The summed E-state index contributed by atoms with van der Waals surface area (Å²) in [5.41, 5.74) is 0.374. The Bertz CT molecular complexity index is 463. The van der Waals surface area contributed by atoms with Crippen molar-refractivity contribution >= 4 is 17.3 Å². The van der Waals surface area contributed by atoms with Crippen LogP contribution in [0.25, 0.3) is 0 Å². The van der Waals surface area contributed by atoms with Crippen molar-refractivity contribution in [3.8, 4) is 0 Å². The molecule has 0 bridgehead atoms. The average Bonchev–Trinajstić information content (AvgIpc) is 2.82. The topological polar surface area (TPSA) is 46.9 Å². The Hall–Kier alpha value is -1.29. The van der Waals surface area contributed by atoms with E-state index in [1.807, 2.05) is 0 Å². The lowest BCUT2D eigenvalue weighted by Gasteiger charge is -2.14. The molecule has 1 aromatic heterocycles. The number of hydrogen-bond donors (Lipinski definition) is 1. The molecule has 1 aliphatic rings. The second-order valence-corrected chi connectivity index (χ2v) is 4.65. The van der Waals surface area contributed by atoms with E-state index < -0.39 is 0 Å². The summed E-state index contributed by atoms with van der Waals surface area (Å²) in [6.07, 6.45) is 7.96. The fourth-order valence-electron chi connectivity index (χ4n) is 2.11. The zero-order valence-electron chi connectivity index (χ0n) is 9.66. The molecule has 0 spiro atoms. The predicted octanol–water partition coefficient (Wildman–Crippen LogP) is 2.44. The molecule has 5 heteroatoms. The molecule has 0 aliphatic heterocycles. The Labute approximate surface area is 105 Å². The van der Waals surface area contributed by atoms with Crippen molar-refractivity contribution in [3.05, 3.63) is 34.2 Å². The SMILES string of the molecule is C=CCn1ncc(NC2CCCC2)c(Cl)c1=O. The molecular weight excluding hydrogens is 238 g/mol. The third kappa shape index (κ3) is 2.69. The zero-order chi connectivity index (χ0) is 12.3. The molecule has 0 saturated heterocycles. The van der Waals surface area contributed by atoms with Crippen molar-refractivity contribution in [2.45, 2.75) is 38.3 Å². The van der Waals surface area contributed by atoms with Gasteiger partial charge in [-0.2, -0.15) is 5.10 Å². The highest BCUT2D eigenvalue weighted by molar-refractivity contribution is 6.32. The van der Waals surface area contributed by atoms with E-state index >= 15 is 0 Å². The van der Waals surface area contributed by atoms with E-state index in [0.29, 0.717) is 18.3 Å². The van der Waals surface area contributed by atoms with Crippen LogP contribution in [0, 0.1) is 0 Å². The number of rotatable bonds is 4. The lowest BCUT2D eigenvalue weighted by molar-refractivity contribution is 0.650. The van der Waals surface area contributed by atoms with Gasteiger partial charge in [0.05, 0.1) is 18.4 Å². The van der Waals surface area contributed by atoms with Crippen LogP contribution in [-0.2, 0) is 6.54 Å². The monoisotopic (exact) mass is 253 g/mol. The van der Waals surface area contributed by atoms with E-state index in [9.17, 15) is 4.79 Å². The van der Waals surface area contributed by atoms with Crippen LogP contribution < -0.4 is 10.9 Å². The van der Waals surface area contributed by atoms with Gasteiger partial charge in [-0.1, -0.05) is 30.5 Å².